The van der Waals surface area contributed by atoms with Gasteiger partial charge in [0.2, 0.25) is 0 Å². The fourth-order valence-corrected chi connectivity index (χ4v) is 2.33. The van der Waals surface area contributed by atoms with Crippen LogP contribution in [0.1, 0.15) is 49.4 Å². The summed E-state index contributed by atoms with van der Waals surface area (Å²) < 4.78 is 2.17. The van der Waals surface area contributed by atoms with Crippen LogP contribution < -0.4 is 5.32 Å². The second kappa shape index (κ2) is 4.17. The second-order valence-electron chi connectivity index (χ2n) is 5.18. The lowest BCUT2D eigenvalue weighted by molar-refractivity contribution is 0.514. The van der Waals surface area contributed by atoms with E-state index < -0.39 is 0 Å². The molecule has 0 aromatic carbocycles. The molecular weight excluding hydrogens is 200 g/mol. The smallest absolute Gasteiger partial charge is 0.0999 e. The summed E-state index contributed by atoms with van der Waals surface area (Å²) in [6.45, 7) is 1.93. The number of rotatable bonds is 6. The SMILES string of the molecule is CNCc1nnn(CCC2CC2)c1C1CC1. The van der Waals surface area contributed by atoms with Crippen molar-refractivity contribution in [2.24, 2.45) is 5.92 Å². The number of aryl methyl sites for hydroxylation is 1. The zero-order chi connectivity index (χ0) is 11.0. The Kier molecular flexibility index (Phi) is 2.67. The van der Waals surface area contributed by atoms with E-state index in [1.165, 1.54) is 43.5 Å². The van der Waals surface area contributed by atoms with Crippen LogP contribution in [0.15, 0.2) is 0 Å². The molecule has 3 rings (SSSR count). The highest BCUT2D eigenvalue weighted by molar-refractivity contribution is 5.20. The lowest BCUT2D eigenvalue weighted by Crippen LogP contribution is -2.10. The predicted octanol–water partition coefficient (Wildman–Crippen LogP) is 1.67. The summed E-state index contributed by atoms with van der Waals surface area (Å²) in [6.07, 6.45) is 6.80. The molecule has 0 unspecified atom stereocenters. The Morgan fingerprint density at radius 2 is 2.12 bits per heavy atom. The van der Waals surface area contributed by atoms with Gasteiger partial charge in [0.15, 0.2) is 0 Å². The number of nitrogens with zero attached hydrogens (tertiary/aromatic N) is 3. The zero-order valence-electron chi connectivity index (χ0n) is 9.95. The number of hydrogen-bond donors (Lipinski definition) is 1. The molecular formula is C12H20N4. The van der Waals surface area contributed by atoms with Crippen molar-refractivity contribution in [3.8, 4) is 0 Å². The Morgan fingerprint density at radius 3 is 2.75 bits per heavy atom. The molecule has 0 atom stereocenters. The number of hydrogen-bond acceptors (Lipinski definition) is 3. The first-order chi connectivity index (χ1) is 7.88. The quantitative estimate of drug-likeness (QED) is 0.793. The molecule has 1 aromatic heterocycles. The Balaban J connectivity index is 1.73. The average molecular weight is 220 g/mol. The van der Waals surface area contributed by atoms with E-state index >= 15 is 0 Å². The summed E-state index contributed by atoms with van der Waals surface area (Å²) in [4.78, 5) is 0. The molecule has 4 heteroatoms. The van der Waals surface area contributed by atoms with E-state index in [4.69, 9.17) is 0 Å². The van der Waals surface area contributed by atoms with Gasteiger partial charge in [0, 0.05) is 19.0 Å². The molecule has 0 radical (unpaired) electrons. The van der Waals surface area contributed by atoms with Crippen LogP contribution in [-0.2, 0) is 13.1 Å². The van der Waals surface area contributed by atoms with Crippen molar-refractivity contribution in [1.82, 2.24) is 20.3 Å². The molecule has 0 bridgehead atoms. The summed E-state index contributed by atoms with van der Waals surface area (Å²) in [5.41, 5.74) is 2.58. The highest BCUT2D eigenvalue weighted by atomic mass is 15.4. The molecule has 16 heavy (non-hydrogen) atoms. The van der Waals surface area contributed by atoms with Crippen molar-refractivity contribution < 1.29 is 0 Å². The van der Waals surface area contributed by atoms with Gasteiger partial charge in [0.25, 0.3) is 0 Å². The molecule has 1 heterocycles. The lowest BCUT2D eigenvalue weighted by Gasteiger charge is -2.06. The lowest BCUT2D eigenvalue weighted by atomic mass is 10.2. The fourth-order valence-electron chi connectivity index (χ4n) is 2.33. The minimum atomic E-state index is 0.748. The first kappa shape index (κ1) is 10.3. The Labute approximate surface area is 96.4 Å². The predicted molar refractivity (Wildman–Crippen MR) is 62.1 cm³/mol. The molecule has 2 aliphatic rings. The molecule has 0 spiro atoms. The molecule has 0 aliphatic heterocycles. The zero-order valence-corrected chi connectivity index (χ0v) is 9.95. The maximum absolute atomic E-state index is 4.32. The van der Waals surface area contributed by atoms with Gasteiger partial charge in [-0.1, -0.05) is 18.1 Å². The number of aromatic nitrogens is 3. The van der Waals surface area contributed by atoms with E-state index in [0.717, 1.165) is 24.9 Å². The molecule has 2 fully saturated rings. The van der Waals surface area contributed by atoms with Gasteiger partial charge < -0.3 is 5.32 Å². The van der Waals surface area contributed by atoms with E-state index in [-0.39, 0.29) is 0 Å². The van der Waals surface area contributed by atoms with Crippen LogP contribution in [0, 0.1) is 5.92 Å². The fraction of sp³-hybridized carbons (Fsp3) is 0.833. The topological polar surface area (TPSA) is 42.7 Å². The van der Waals surface area contributed by atoms with E-state index in [2.05, 4.69) is 20.3 Å². The van der Waals surface area contributed by atoms with Gasteiger partial charge >= 0.3 is 0 Å². The summed E-state index contributed by atoms with van der Waals surface area (Å²) in [5.74, 6) is 1.72. The van der Waals surface area contributed by atoms with Crippen LogP contribution in [0.25, 0.3) is 0 Å². The van der Waals surface area contributed by atoms with E-state index in [0.29, 0.717) is 0 Å². The highest BCUT2D eigenvalue weighted by Crippen LogP contribution is 2.41. The van der Waals surface area contributed by atoms with E-state index in [1.54, 1.807) is 0 Å². The van der Waals surface area contributed by atoms with Gasteiger partial charge in [0.1, 0.15) is 0 Å². The summed E-state index contributed by atoms with van der Waals surface area (Å²) in [5, 5.41) is 11.8. The maximum Gasteiger partial charge on any atom is 0.0999 e. The van der Waals surface area contributed by atoms with E-state index in [1.807, 2.05) is 7.05 Å². The third-order valence-electron chi connectivity index (χ3n) is 3.60. The molecule has 1 N–H and O–H groups in total. The van der Waals surface area contributed by atoms with Gasteiger partial charge in [-0.05, 0) is 32.2 Å². The molecule has 1 aromatic rings. The molecule has 4 nitrogen and oxygen atoms in total. The van der Waals surface area contributed by atoms with Gasteiger partial charge in [-0.25, -0.2) is 4.68 Å². The van der Waals surface area contributed by atoms with Crippen molar-refractivity contribution in [3.05, 3.63) is 11.4 Å². The van der Waals surface area contributed by atoms with Crippen molar-refractivity contribution in [3.63, 3.8) is 0 Å². The van der Waals surface area contributed by atoms with Gasteiger partial charge in [-0.3, -0.25) is 0 Å². The van der Waals surface area contributed by atoms with Crippen LogP contribution in [0.5, 0.6) is 0 Å². The molecule has 2 aliphatic carbocycles. The largest absolute Gasteiger partial charge is 0.314 e. The Hall–Kier alpha value is -0.900. The van der Waals surface area contributed by atoms with Crippen molar-refractivity contribution in [2.75, 3.05) is 7.05 Å². The van der Waals surface area contributed by atoms with Gasteiger partial charge in [0.05, 0.1) is 11.4 Å². The summed E-state index contributed by atoms with van der Waals surface area (Å²) in [7, 11) is 1.97. The van der Waals surface area contributed by atoms with Crippen molar-refractivity contribution in [1.29, 1.82) is 0 Å². The molecule has 0 saturated heterocycles. The summed E-state index contributed by atoms with van der Waals surface area (Å²) >= 11 is 0. The van der Waals surface area contributed by atoms with Crippen LogP contribution in [-0.4, -0.2) is 22.0 Å². The maximum atomic E-state index is 4.32. The first-order valence-electron chi connectivity index (χ1n) is 6.45. The standard InChI is InChI=1S/C12H20N4/c1-13-8-11-12(10-4-5-10)16(15-14-11)7-6-9-2-3-9/h9-10,13H,2-8H2,1H3. The molecule has 0 amide bonds. The Bertz CT molecular complexity index is 363. The second-order valence-corrected chi connectivity index (χ2v) is 5.18. The van der Waals surface area contributed by atoms with Gasteiger partial charge in [-0.2, -0.15) is 0 Å². The molecule has 2 saturated carbocycles. The van der Waals surface area contributed by atoms with Crippen molar-refractivity contribution in [2.45, 2.75) is 51.1 Å². The summed E-state index contributed by atoms with van der Waals surface area (Å²) in [6, 6.07) is 0. The van der Waals surface area contributed by atoms with Crippen LogP contribution >= 0.6 is 0 Å². The normalized spacial score (nSPS) is 20.3. The highest BCUT2D eigenvalue weighted by Gasteiger charge is 2.31. The van der Waals surface area contributed by atoms with Crippen LogP contribution in [0.3, 0.4) is 0 Å². The monoisotopic (exact) mass is 220 g/mol. The third kappa shape index (κ3) is 2.12. The minimum Gasteiger partial charge on any atom is -0.314 e. The Morgan fingerprint density at radius 1 is 1.31 bits per heavy atom. The van der Waals surface area contributed by atoms with Crippen LogP contribution in [0.2, 0.25) is 0 Å². The van der Waals surface area contributed by atoms with Gasteiger partial charge in [-0.15, -0.1) is 5.10 Å². The third-order valence-corrected chi connectivity index (χ3v) is 3.60. The molecule has 88 valence electrons. The number of nitrogens with one attached hydrogen (secondary N) is 1. The van der Waals surface area contributed by atoms with Crippen LogP contribution in [0.4, 0.5) is 0 Å². The van der Waals surface area contributed by atoms with Crippen molar-refractivity contribution >= 4 is 0 Å². The average Bonchev–Trinajstić information content (AvgIpc) is 3.18. The van der Waals surface area contributed by atoms with E-state index in [9.17, 15) is 0 Å². The minimum absolute atomic E-state index is 0.748. The first-order valence-corrected chi connectivity index (χ1v) is 6.45.